The first kappa shape index (κ1) is 28.1. The molecule has 3 atom stereocenters. The van der Waals surface area contributed by atoms with Crippen LogP contribution < -0.4 is 10.4 Å². The molecule has 2 aliphatic carbocycles. The molecule has 2 aliphatic rings. The van der Waals surface area contributed by atoms with Gasteiger partial charge in [0.05, 0.1) is 14.2 Å². The molecule has 6 heteroatoms. The summed E-state index contributed by atoms with van der Waals surface area (Å²) in [6.07, 6.45) is 6.13. The summed E-state index contributed by atoms with van der Waals surface area (Å²) in [7, 11) is -0.155. The van der Waals surface area contributed by atoms with Crippen molar-refractivity contribution in [3.8, 4) is 0 Å². The van der Waals surface area contributed by atoms with E-state index in [-0.39, 0.29) is 23.0 Å². The lowest BCUT2D eigenvalue weighted by Crippen LogP contribution is -2.68. The van der Waals surface area contributed by atoms with Crippen LogP contribution in [0.4, 0.5) is 0 Å². The van der Waals surface area contributed by atoms with Crippen molar-refractivity contribution in [3.63, 3.8) is 0 Å². The maximum atomic E-state index is 13.3. The highest BCUT2D eigenvalue weighted by molar-refractivity contribution is 6.99. The normalized spacial score (nSPS) is 23.2. The van der Waals surface area contributed by atoms with E-state index in [0.717, 1.165) is 5.57 Å². The molecule has 0 spiro atoms. The fourth-order valence-corrected chi connectivity index (χ4v) is 11.4. The summed E-state index contributed by atoms with van der Waals surface area (Å²) in [5, 5.41) is 2.20. The van der Waals surface area contributed by atoms with Crippen molar-refractivity contribution >= 4 is 30.6 Å². The zero-order chi connectivity index (χ0) is 27.6. The highest BCUT2D eigenvalue weighted by atomic mass is 28.4. The lowest BCUT2D eigenvalue weighted by molar-refractivity contribution is -0.178. The van der Waals surface area contributed by atoms with Crippen LogP contribution in [0.1, 0.15) is 46.5 Å². The fraction of sp³-hybridized carbons (Fsp3) is 0.438. The summed E-state index contributed by atoms with van der Waals surface area (Å²) < 4.78 is 17.9. The molecule has 0 N–H and O–H groups in total. The summed E-state index contributed by atoms with van der Waals surface area (Å²) >= 11 is 0. The smallest absolute Gasteiger partial charge is 0.323 e. The minimum Gasteiger partial charge on any atom is -0.468 e. The quantitative estimate of drug-likeness (QED) is 0.222. The van der Waals surface area contributed by atoms with E-state index in [1.54, 1.807) is 0 Å². The summed E-state index contributed by atoms with van der Waals surface area (Å²) in [6, 6.07) is 21.1. The molecule has 1 saturated carbocycles. The number of rotatable bonds is 6. The standard InChI is InChI=1S/C32H40O5Si/c1-23-20-21-32(29(33)35-5,30(34)36-6)28-22-24(14-13-19-27(23)28)37-38(31(2,3)4,25-15-9-7-10-16-25)26-17-11-8-12-18-26/h7-13,15-19,24,27-28H,1,14,20-22H2,2-6H3/t24-,27-,28-/m0/s1. The molecule has 2 aromatic rings. The van der Waals surface area contributed by atoms with E-state index in [0.29, 0.717) is 25.7 Å². The van der Waals surface area contributed by atoms with Gasteiger partial charge in [0.25, 0.3) is 8.32 Å². The van der Waals surface area contributed by atoms with E-state index in [2.05, 4.69) is 88.0 Å². The van der Waals surface area contributed by atoms with Gasteiger partial charge in [-0.3, -0.25) is 9.59 Å². The highest BCUT2D eigenvalue weighted by Crippen LogP contribution is 2.52. The molecule has 0 unspecified atom stereocenters. The first-order valence-electron chi connectivity index (χ1n) is 13.4. The second-order valence-electron chi connectivity index (χ2n) is 11.5. The Morgan fingerprint density at radius 1 is 0.921 bits per heavy atom. The molecule has 4 rings (SSSR count). The summed E-state index contributed by atoms with van der Waals surface area (Å²) in [5.74, 6) is -1.57. The van der Waals surface area contributed by atoms with Gasteiger partial charge in [0, 0.05) is 12.0 Å². The van der Waals surface area contributed by atoms with Gasteiger partial charge < -0.3 is 13.9 Å². The number of carbonyl (C=O) groups is 2. The second kappa shape index (κ2) is 11.0. The number of hydrogen-bond acceptors (Lipinski definition) is 5. The molecule has 0 aromatic heterocycles. The molecule has 2 aromatic carbocycles. The zero-order valence-corrected chi connectivity index (χ0v) is 24.2. The summed E-state index contributed by atoms with van der Waals surface area (Å²) in [6.45, 7) is 11.1. The Morgan fingerprint density at radius 2 is 1.45 bits per heavy atom. The van der Waals surface area contributed by atoms with E-state index in [4.69, 9.17) is 13.9 Å². The Balaban J connectivity index is 1.84. The molecule has 0 heterocycles. The van der Waals surface area contributed by atoms with Gasteiger partial charge in [-0.05, 0) is 47.0 Å². The van der Waals surface area contributed by atoms with Crippen LogP contribution in [-0.2, 0) is 23.5 Å². The van der Waals surface area contributed by atoms with Crippen molar-refractivity contribution in [3.05, 3.63) is 85.0 Å². The van der Waals surface area contributed by atoms with E-state index in [9.17, 15) is 9.59 Å². The van der Waals surface area contributed by atoms with E-state index < -0.39 is 25.7 Å². The molecule has 0 amide bonds. The average Bonchev–Trinajstić information content (AvgIpc) is 3.15. The minimum absolute atomic E-state index is 0.130. The van der Waals surface area contributed by atoms with Gasteiger partial charge in [-0.15, -0.1) is 0 Å². The Bertz CT molecular complexity index is 1130. The van der Waals surface area contributed by atoms with Crippen molar-refractivity contribution in [2.45, 2.75) is 57.6 Å². The van der Waals surface area contributed by atoms with E-state index in [1.807, 2.05) is 12.1 Å². The maximum absolute atomic E-state index is 13.3. The monoisotopic (exact) mass is 532 g/mol. The zero-order valence-electron chi connectivity index (χ0n) is 23.2. The van der Waals surface area contributed by atoms with Crippen LogP contribution in [0.2, 0.25) is 5.04 Å². The Kier molecular flexibility index (Phi) is 8.14. The second-order valence-corrected chi connectivity index (χ2v) is 15.8. The molecule has 0 aliphatic heterocycles. The topological polar surface area (TPSA) is 61.8 Å². The largest absolute Gasteiger partial charge is 0.468 e. The van der Waals surface area contributed by atoms with Crippen LogP contribution in [0.5, 0.6) is 0 Å². The number of allylic oxidation sites excluding steroid dienone is 2. The Hall–Kier alpha value is -2.96. The number of fused-ring (bicyclic) bond motifs is 1. The SMILES string of the molecule is C=C1CCC(C(=O)OC)(C(=O)OC)[C@H]2C[C@@H](O[Si](c3ccccc3)(c3ccccc3)C(C)(C)C)CC=C[C@@H]12. The van der Waals surface area contributed by atoms with E-state index >= 15 is 0 Å². The van der Waals surface area contributed by atoms with Gasteiger partial charge in [-0.1, -0.05) is 106 Å². The molecule has 202 valence electrons. The predicted octanol–water partition coefficient (Wildman–Crippen LogP) is 5.20. The Morgan fingerprint density at radius 3 is 1.92 bits per heavy atom. The maximum Gasteiger partial charge on any atom is 0.323 e. The van der Waals surface area contributed by atoms with Gasteiger partial charge in [-0.2, -0.15) is 0 Å². The Labute approximate surface area is 228 Å². The van der Waals surface area contributed by atoms with Gasteiger partial charge >= 0.3 is 11.9 Å². The third-order valence-corrected chi connectivity index (χ3v) is 13.6. The van der Waals surface area contributed by atoms with Crippen molar-refractivity contribution in [2.75, 3.05) is 14.2 Å². The number of esters is 2. The average molecular weight is 533 g/mol. The van der Waals surface area contributed by atoms with Gasteiger partial charge in [0.1, 0.15) is 0 Å². The summed E-state index contributed by atoms with van der Waals surface area (Å²) in [5.41, 5.74) is -0.363. The molecule has 0 bridgehead atoms. The highest BCUT2D eigenvalue weighted by Gasteiger charge is 2.60. The molecule has 38 heavy (non-hydrogen) atoms. The first-order chi connectivity index (χ1) is 18.1. The molecule has 0 saturated heterocycles. The first-order valence-corrected chi connectivity index (χ1v) is 15.3. The summed E-state index contributed by atoms with van der Waals surface area (Å²) in [4.78, 5) is 26.7. The molecule has 5 nitrogen and oxygen atoms in total. The van der Waals surface area contributed by atoms with Gasteiger partial charge in [-0.25, -0.2) is 0 Å². The van der Waals surface area contributed by atoms with Gasteiger partial charge in [0.15, 0.2) is 5.41 Å². The fourth-order valence-electron chi connectivity index (χ4n) is 6.67. The number of methoxy groups -OCH3 is 2. The number of benzene rings is 2. The lowest BCUT2D eigenvalue weighted by atomic mass is 9.58. The minimum atomic E-state index is -2.84. The number of ether oxygens (including phenoxy) is 2. The van der Waals surface area contributed by atoms with Crippen LogP contribution in [0, 0.1) is 17.3 Å². The predicted molar refractivity (Wildman–Crippen MR) is 153 cm³/mol. The van der Waals surface area contributed by atoms with Crippen molar-refractivity contribution in [2.24, 2.45) is 17.3 Å². The van der Waals surface area contributed by atoms with Crippen LogP contribution in [0.15, 0.2) is 85.0 Å². The van der Waals surface area contributed by atoms with Crippen molar-refractivity contribution in [1.82, 2.24) is 0 Å². The van der Waals surface area contributed by atoms with Crippen LogP contribution >= 0.6 is 0 Å². The van der Waals surface area contributed by atoms with Crippen molar-refractivity contribution < 1.29 is 23.5 Å². The molecule has 1 fully saturated rings. The third-order valence-electron chi connectivity index (χ3n) is 8.50. The number of carbonyl (C=O) groups excluding carboxylic acids is 2. The molecular formula is C32H40O5Si. The van der Waals surface area contributed by atoms with Crippen LogP contribution in [-0.4, -0.2) is 40.6 Å². The van der Waals surface area contributed by atoms with E-state index in [1.165, 1.54) is 24.6 Å². The van der Waals surface area contributed by atoms with Gasteiger partial charge in [0.2, 0.25) is 0 Å². The number of hydrogen-bond donors (Lipinski definition) is 0. The molecular weight excluding hydrogens is 492 g/mol. The molecule has 0 radical (unpaired) electrons. The third kappa shape index (κ3) is 4.69. The van der Waals surface area contributed by atoms with Crippen molar-refractivity contribution in [1.29, 1.82) is 0 Å². The van der Waals surface area contributed by atoms with Crippen LogP contribution in [0.3, 0.4) is 0 Å². The lowest BCUT2D eigenvalue weighted by Gasteiger charge is -2.47. The van der Waals surface area contributed by atoms with Crippen LogP contribution in [0.25, 0.3) is 0 Å².